The lowest BCUT2D eigenvalue weighted by atomic mass is 10.1. The van der Waals surface area contributed by atoms with Crippen molar-refractivity contribution in [3.63, 3.8) is 0 Å². The summed E-state index contributed by atoms with van der Waals surface area (Å²) in [6.45, 7) is 3.43. The third kappa shape index (κ3) is 4.96. The van der Waals surface area contributed by atoms with Gasteiger partial charge in [0.25, 0.3) is 0 Å². The molecule has 0 bridgehead atoms. The number of benzene rings is 1. The molecule has 1 saturated heterocycles. The highest BCUT2D eigenvalue weighted by atomic mass is 32.1. The summed E-state index contributed by atoms with van der Waals surface area (Å²) in [5.74, 6) is 0.396. The van der Waals surface area contributed by atoms with Gasteiger partial charge in [0, 0.05) is 43.4 Å². The molecule has 1 aromatic carbocycles. The van der Waals surface area contributed by atoms with Crippen molar-refractivity contribution in [2.24, 2.45) is 0 Å². The fourth-order valence-corrected chi connectivity index (χ4v) is 4.20. The number of thiophene rings is 1. The normalized spacial score (nSPS) is 15.8. The van der Waals surface area contributed by atoms with Gasteiger partial charge >= 0.3 is 0 Å². The van der Waals surface area contributed by atoms with E-state index in [0.29, 0.717) is 6.54 Å². The smallest absolute Gasteiger partial charge is 0.234 e. The van der Waals surface area contributed by atoms with E-state index in [1.807, 2.05) is 17.5 Å². The molecule has 3 heterocycles. The number of rotatable bonds is 6. The van der Waals surface area contributed by atoms with Crippen LogP contribution in [0.25, 0.3) is 0 Å². The molecule has 1 aliphatic heterocycles. The second-order valence-corrected chi connectivity index (χ2v) is 7.86. The van der Waals surface area contributed by atoms with E-state index in [1.54, 1.807) is 41.9 Å². The van der Waals surface area contributed by atoms with E-state index in [1.165, 1.54) is 12.1 Å². The maximum Gasteiger partial charge on any atom is 0.234 e. The van der Waals surface area contributed by atoms with E-state index < -0.39 is 0 Å². The number of nitrogens with one attached hydrogen (secondary N) is 1. The van der Waals surface area contributed by atoms with Crippen molar-refractivity contribution in [3.8, 4) is 0 Å². The van der Waals surface area contributed by atoms with Gasteiger partial charge in [0.15, 0.2) is 0 Å². The topological polar surface area (TPSA) is 61.4 Å². The van der Waals surface area contributed by atoms with Gasteiger partial charge in [-0.15, -0.1) is 11.3 Å². The monoisotopic (exact) mass is 411 g/mol. The van der Waals surface area contributed by atoms with E-state index in [4.69, 9.17) is 0 Å². The molecule has 1 unspecified atom stereocenters. The Hall–Kier alpha value is -2.84. The van der Waals surface area contributed by atoms with Crippen LogP contribution >= 0.6 is 11.3 Å². The van der Waals surface area contributed by atoms with Crippen molar-refractivity contribution in [1.29, 1.82) is 0 Å². The van der Waals surface area contributed by atoms with Crippen LogP contribution in [0.5, 0.6) is 0 Å². The summed E-state index contributed by atoms with van der Waals surface area (Å²) in [6, 6.07) is 11.7. The number of halogens is 1. The fourth-order valence-electron chi connectivity index (χ4n) is 3.40. The van der Waals surface area contributed by atoms with Crippen molar-refractivity contribution in [3.05, 3.63) is 76.5 Å². The van der Waals surface area contributed by atoms with Gasteiger partial charge in [-0.25, -0.2) is 14.4 Å². The van der Waals surface area contributed by atoms with Crippen LogP contribution in [-0.4, -0.2) is 53.5 Å². The summed E-state index contributed by atoms with van der Waals surface area (Å²) in [5, 5.41) is 5.09. The number of hydrogen-bond acceptors (Lipinski definition) is 6. The van der Waals surface area contributed by atoms with E-state index in [0.717, 1.165) is 42.6 Å². The third-order valence-electron chi connectivity index (χ3n) is 4.91. The molecule has 3 aromatic rings. The van der Waals surface area contributed by atoms with Gasteiger partial charge in [-0.2, -0.15) is 0 Å². The molecular formula is C21H22FN5OS. The second-order valence-electron chi connectivity index (χ2n) is 6.88. The van der Waals surface area contributed by atoms with Gasteiger partial charge < -0.3 is 10.2 Å². The van der Waals surface area contributed by atoms with Crippen LogP contribution in [0.4, 0.5) is 10.3 Å². The van der Waals surface area contributed by atoms with Gasteiger partial charge in [0.1, 0.15) is 5.82 Å². The van der Waals surface area contributed by atoms with Gasteiger partial charge in [0.2, 0.25) is 11.9 Å². The van der Waals surface area contributed by atoms with Crippen LogP contribution < -0.4 is 10.2 Å². The standard InChI is InChI=1S/C21H22FN5OS/c22-17-6-4-16(5-7-17)20(18-3-1-14-29-18)25-19(28)15-26-10-12-27(13-11-26)21-23-8-2-9-24-21/h1-9,14,20H,10-13,15H2,(H,25,28). The summed E-state index contributed by atoms with van der Waals surface area (Å²) < 4.78 is 13.3. The zero-order chi connectivity index (χ0) is 20.1. The van der Waals surface area contributed by atoms with Crippen LogP contribution in [0.3, 0.4) is 0 Å². The quantitative estimate of drug-likeness (QED) is 0.676. The Morgan fingerprint density at radius 2 is 1.79 bits per heavy atom. The largest absolute Gasteiger partial charge is 0.343 e. The van der Waals surface area contributed by atoms with E-state index in [9.17, 15) is 9.18 Å². The number of hydrogen-bond donors (Lipinski definition) is 1. The molecule has 1 aliphatic rings. The lowest BCUT2D eigenvalue weighted by Crippen LogP contribution is -2.50. The van der Waals surface area contributed by atoms with Crippen LogP contribution in [0, 0.1) is 5.82 Å². The second kappa shape index (κ2) is 9.11. The summed E-state index contributed by atoms with van der Waals surface area (Å²) in [6.07, 6.45) is 3.48. The predicted octanol–water partition coefficient (Wildman–Crippen LogP) is 2.71. The first-order chi connectivity index (χ1) is 14.2. The van der Waals surface area contributed by atoms with Crippen molar-refractivity contribution in [2.45, 2.75) is 6.04 Å². The highest BCUT2D eigenvalue weighted by Gasteiger charge is 2.23. The Kier molecular flexibility index (Phi) is 6.12. The van der Waals surface area contributed by atoms with Crippen molar-refractivity contribution < 1.29 is 9.18 Å². The van der Waals surface area contributed by atoms with E-state index >= 15 is 0 Å². The molecule has 29 heavy (non-hydrogen) atoms. The van der Waals surface area contributed by atoms with Gasteiger partial charge in [-0.1, -0.05) is 18.2 Å². The zero-order valence-electron chi connectivity index (χ0n) is 15.9. The number of amides is 1. The molecule has 0 saturated carbocycles. The lowest BCUT2D eigenvalue weighted by molar-refractivity contribution is -0.122. The highest BCUT2D eigenvalue weighted by molar-refractivity contribution is 7.10. The molecule has 1 atom stereocenters. The average molecular weight is 412 g/mol. The first-order valence-electron chi connectivity index (χ1n) is 9.51. The van der Waals surface area contributed by atoms with Gasteiger partial charge in [-0.3, -0.25) is 9.69 Å². The van der Waals surface area contributed by atoms with Crippen molar-refractivity contribution >= 4 is 23.2 Å². The number of carbonyl (C=O) groups excluding carboxylic acids is 1. The first-order valence-corrected chi connectivity index (χ1v) is 10.4. The Balaban J connectivity index is 1.36. The number of carbonyl (C=O) groups is 1. The maximum atomic E-state index is 13.3. The van der Waals surface area contributed by atoms with Crippen molar-refractivity contribution in [1.82, 2.24) is 20.2 Å². The minimum atomic E-state index is -0.287. The van der Waals surface area contributed by atoms with Crippen LogP contribution in [0.15, 0.2) is 60.2 Å². The average Bonchev–Trinajstić information content (AvgIpc) is 3.29. The Labute approximate surface area is 173 Å². The summed E-state index contributed by atoms with van der Waals surface area (Å²) in [5.41, 5.74) is 0.869. The molecule has 0 aliphatic carbocycles. The zero-order valence-corrected chi connectivity index (χ0v) is 16.7. The Morgan fingerprint density at radius 1 is 1.07 bits per heavy atom. The molecule has 8 heteroatoms. The molecule has 6 nitrogen and oxygen atoms in total. The SMILES string of the molecule is O=C(CN1CCN(c2ncccn2)CC1)NC(c1ccc(F)cc1)c1cccs1. The molecule has 0 radical (unpaired) electrons. The molecule has 2 aromatic heterocycles. The van der Waals surface area contributed by atoms with Crippen LogP contribution in [0.2, 0.25) is 0 Å². The third-order valence-corrected chi connectivity index (χ3v) is 5.85. The van der Waals surface area contributed by atoms with Crippen LogP contribution in [-0.2, 0) is 4.79 Å². The molecular weight excluding hydrogens is 389 g/mol. The predicted molar refractivity (Wildman–Crippen MR) is 111 cm³/mol. The van der Waals surface area contributed by atoms with E-state index in [-0.39, 0.29) is 17.8 Å². The van der Waals surface area contributed by atoms with E-state index in [2.05, 4.69) is 25.1 Å². The van der Waals surface area contributed by atoms with Gasteiger partial charge in [0.05, 0.1) is 12.6 Å². The molecule has 1 fully saturated rings. The molecule has 0 spiro atoms. The fraction of sp³-hybridized carbons (Fsp3) is 0.286. The summed E-state index contributed by atoms with van der Waals surface area (Å²) >= 11 is 1.57. The summed E-state index contributed by atoms with van der Waals surface area (Å²) in [7, 11) is 0. The van der Waals surface area contributed by atoms with Crippen molar-refractivity contribution in [2.75, 3.05) is 37.6 Å². The number of aromatic nitrogens is 2. The molecule has 4 rings (SSSR count). The number of piperazine rings is 1. The Morgan fingerprint density at radius 3 is 2.45 bits per heavy atom. The number of nitrogens with zero attached hydrogens (tertiary/aromatic N) is 4. The highest BCUT2D eigenvalue weighted by Crippen LogP contribution is 2.26. The summed E-state index contributed by atoms with van der Waals surface area (Å²) in [4.78, 5) is 26.6. The minimum Gasteiger partial charge on any atom is -0.343 e. The molecule has 1 N–H and O–H groups in total. The van der Waals surface area contributed by atoms with Gasteiger partial charge in [-0.05, 0) is 35.2 Å². The lowest BCUT2D eigenvalue weighted by Gasteiger charge is -2.34. The minimum absolute atomic E-state index is 0.0443. The van der Waals surface area contributed by atoms with Crippen LogP contribution in [0.1, 0.15) is 16.5 Å². The first kappa shape index (κ1) is 19.5. The maximum absolute atomic E-state index is 13.3. The molecule has 1 amide bonds. The molecule has 150 valence electrons. The number of anilines is 1. The Bertz CT molecular complexity index is 912.